The molecule has 5 heteroatoms. The summed E-state index contributed by atoms with van der Waals surface area (Å²) in [7, 11) is 0. The molecule has 23 heavy (non-hydrogen) atoms. The molecule has 0 radical (unpaired) electrons. The molecule has 0 spiro atoms. The van der Waals surface area contributed by atoms with Gasteiger partial charge >= 0.3 is 0 Å². The minimum absolute atomic E-state index is 0.683. The van der Waals surface area contributed by atoms with Gasteiger partial charge in [-0.25, -0.2) is 0 Å². The van der Waals surface area contributed by atoms with Gasteiger partial charge in [0.15, 0.2) is 5.11 Å². The fourth-order valence-corrected chi connectivity index (χ4v) is 4.61. The lowest BCUT2D eigenvalue weighted by Crippen LogP contribution is -3.20. The zero-order valence-electron chi connectivity index (χ0n) is 13.7. The zero-order chi connectivity index (χ0) is 16.2. The second kappa shape index (κ2) is 7.69. The second-order valence-corrected chi connectivity index (χ2v) is 7.85. The molecule has 4 atom stereocenters. The van der Waals surface area contributed by atoms with Crippen molar-refractivity contribution >= 4 is 34.8 Å². The molecular weight excluding hydrogens is 322 g/mol. The smallest absolute Gasteiger partial charge is 0.170 e. The Labute approximate surface area is 148 Å². The Morgan fingerprint density at radius 2 is 2.39 bits per heavy atom. The van der Waals surface area contributed by atoms with E-state index in [0.29, 0.717) is 6.04 Å². The van der Waals surface area contributed by atoms with Gasteiger partial charge in [-0.2, -0.15) is 0 Å². The summed E-state index contributed by atoms with van der Waals surface area (Å²) in [6.07, 6.45) is 6.90. The summed E-state index contributed by atoms with van der Waals surface area (Å²) < 4.78 is 0. The summed E-state index contributed by atoms with van der Waals surface area (Å²) in [5, 5.41) is 7.45. The van der Waals surface area contributed by atoms with Gasteiger partial charge in [0.05, 0.1) is 19.6 Å². The van der Waals surface area contributed by atoms with Gasteiger partial charge in [-0.05, 0) is 42.6 Å². The Morgan fingerprint density at radius 3 is 3.09 bits per heavy atom. The van der Waals surface area contributed by atoms with E-state index in [2.05, 4.69) is 53.8 Å². The van der Waals surface area contributed by atoms with Gasteiger partial charge in [-0.15, -0.1) is 18.3 Å². The number of rotatable bonds is 5. The van der Waals surface area contributed by atoms with Crippen molar-refractivity contribution in [3.05, 3.63) is 36.9 Å². The van der Waals surface area contributed by atoms with Crippen molar-refractivity contribution in [3.63, 3.8) is 0 Å². The van der Waals surface area contributed by atoms with E-state index in [-0.39, 0.29) is 0 Å². The number of fused-ring (bicyclic) bond motifs is 3. The van der Waals surface area contributed by atoms with Crippen molar-refractivity contribution in [2.75, 3.05) is 31.2 Å². The number of hydrogen-bond donors (Lipinski definition) is 3. The molecule has 0 saturated carbocycles. The highest BCUT2D eigenvalue weighted by Gasteiger charge is 2.41. The van der Waals surface area contributed by atoms with Crippen LogP contribution in [0.3, 0.4) is 0 Å². The summed E-state index contributed by atoms with van der Waals surface area (Å²) in [5.74, 6) is 1.55. The van der Waals surface area contributed by atoms with E-state index in [1.54, 1.807) is 16.7 Å². The Bertz CT molecular complexity index is 575. The molecule has 1 aromatic rings. The van der Waals surface area contributed by atoms with Crippen LogP contribution < -0.4 is 15.5 Å². The Hall–Kier alpha value is -1.04. The van der Waals surface area contributed by atoms with Gasteiger partial charge in [0.2, 0.25) is 0 Å². The van der Waals surface area contributed by atoms with E-state index in [1.807, 2.05) is 0 Å². The van der Waals surface area contributed by atoms with E-state index in [0.717, 1.165) is 29.2 Å². The standard InChI is InChI=1S/C18H25N3S2/c1-3-13-12-21-8-7-14(13)9-16(21)11-19-18(22)20-15-5-4-6-17(10-15)23-2/h3-6,10,13-14,16H,1,7-9,11-12H2,2H3,(H2,19,20,22)/p+1/t13-,14-,16+/m0/s1. The largest absolute Gasteiger partial charge is 0.356 e. The lowest BCUT2D eigenvalue weighted by Gasteiger charge is -2.46. The lowest BCUT2D eigenvalue weighted by atomic mass is 9.76. The minimum atomic E-state index is 0.683. The number of thiocarbonyl (C=S) groups is 1. The van der Waals surface area contributed by atoms with E-state index in [9.17, 15) is 0 Å². The number of nitrogens with one attached hydrogen (secondary N) is 3. The third kappa shape index (κ3) is 4.08. The quantitative estimate of drug-likeness (QED) is 0.432. The summed E-state index contributed by atoms with van der Waals surface area (Å²) in [6.45, 7) is 7.51. The van der Waals surface area contributed by atoms with Crippen LogP contribution in [-0.2, 0) is 0 Å². The first-order valence-corrected chi connectivity index (χ1v) is 9.99. The first kappa shape index (κ1) is 16.8. The molecule has 4 rings (SSSR count). The predicted molar refractivity (Wildman–Crippen MR) is 103 cm³/mol. The van der Waals surface area contributed by atoms with Crippen molar-refractivity contribution < 1.29 is 4.90 Å². The average Bonchev–Trinajstić information content (AvgIpc) is 2.60. The zero-order valence-corrected chi connectivity index (χ0v) is 15.3. The maximum atomic E-state index is 5.46. The van der Waals surface area contributed by atoms with Gasteiger partial charge in [0.1, 0.15) is 6.04 Å². The van der Waals surface area contributed by atoms with Gasteiger partial charge in [0, 0.05) is 29.3 Å². The topological polar surface area (TPSA) is 28.5 Å². The van der Waals surface area contributed by atoms with Gasteiger partial charge in [0.25, 0.3) is 0 Å². The molecule has 3 aliphatic rings. The average molecular weight is 349 g/mol. The third-order valence-corrected chi connectivity index (χ3v) is 6.22. The van der Waals surface area contributed by atoms with E-state index in [1.165, 1.54) is 30.8 Å². The molecule has 3 N–H and O–H groups in total. The molecule has 3 nitrogen and oxygen atoms in total. The summed E-state index contributed by atoms with van der Waals surface area (Å²) >= 11 is 7.20. The van der Waals surface area contributed by atoms with Crippen LogP contribution in [0.2, 0.25) is 0 Å². The van der Waals surface area contributed by atoms with Crippen molar-refractivity contribution in [3.8, 4) is 0 Å². The van der Waals surface area contributed by atoms with E-state index >= 15 is 0 Å². The molecule has 3 aliphatic heterocycles. The van der Waals surface area contributed by atoms with Crippen LogP contribution in [0.25, 0.3) is 0 Å². The van der Waals surface area contributed by atoms with Crippen LogP contribution >= 0.6 is 24.0 Å². The summed E-state index contributed by atoms with van der Waals surface area (Å²) in [4.78, 5) is 2.96. The number of piperidine rings is 3. The fourth-order valence-electron chi connectivity index (χ4n) is 3.95. The van der Waals surface area contributed by atoms with Gasteiger partial charge in [-0.1, -0.05) is 12.1 Å². The van der Waals surface area contributed by atoms with Crippen LogP contribution in [0, 0.1) is 11.8 Å². The fraction of sp³-hybridized carbons (Fsp3) is 0.500. The van der Waals surface area contributed by atoms with Crippen LogP contribution in [0.4, 0.5) is 5.69 Å². The molecule has 1 aromatic carbocycles. The number of benzene rings is 1. The van der Waals surface area contributed by atoms with Crippen LogP contribution in [-0.4, -0.2) is 37.0 Å². The molecule has 0 amide bonds. The molecule has 3 fully saturated rings. The first-order chi connectivity index (χ1) is 11.2. The van der Waals surface area contributed by atoms with Crippen LogP contribution in [0.15, 0.2) is 41.8 Å². The van der Waals surface area contributed by atoms with Crippen LogP contribution in [0.5, 0.6) is 0 Å². The SMILES string of the molecule is C=C[C@H]1C[NH+]2CC[C@H]1C[C@@H]2CNC(=S)Nc1cccc(SC)c1. The molecule has 124 valence electrons. The highest BCUT2D eigenvalue weighted by atomic mass is 32.2. The summed E-state index contributed by atoms with van der Waals surface area (Å²) in [5.41, 5.74) is 1.05. The second-order valence-electron chi connectivity index (χ2n) is 6.56. The Balaban J connectivity index is 1.49. The van der Waals surface area contributed by atoms with Crippen molar-refractivity contribution in [1.82, 2.24) is 5.32 Å². The van der Waals surface area contributed by atoms with Crippen LogP contribution in [0.1, 0.15) is 12.8 Å². The van der Waals surface area contributed by atoms with Gasteiger partial charge < -0.3 is 15.5 Å². The van der Waals surface area contributed by atoms with E-state index in [4.69, 9.17) is 12.2 Å². The molecule has 2 bridgehead atoms. The van der Waals surface area contributed by atoms with Crippen molar-refractivity contribution in [2.24, 2.45) is 11.8 Å². The molecular formula is C18H26N3S2+. The molecule has 3 saturated heterocycles. The van der Waals surface area contributed by atoms with Crippen molar-refractivity contribution in [1.29, 1.82) is 0 Å². The van der Waals surface area contributed by atoms with E-state index < -0.39 is 0 Å². The molecule has 3 heterocycles. The maximum absolute atomic E-state index is 5.46. The Kier molecular flexibility index (Phi) is 5.62. The first-order valence-electron chi connectivity index (χ1n) is 8.35. The minimum Gasteiger partial charge on any atom is -0.356 e. The Morgan fingerprint density at radius 1 is 1.52 bits per heavy atom. The third-order valence-electron chi connectivity index (χ3n) is 5.24. The lowest BCUT2D eigenvalue weighted by molar-refractivity contribution is -0.944. The van der Waals surface area contributed by atoms with Crippen molar-refractivity contribution in [2.45, 2.75) is 23.8 Å². The normalized spacial score (nSPS) is 29.1. The molecule has 0 aliphatic carbocycles. The number of quaternary nitrogens is 1. The monoisotopic (exact) mass is 348 g/mol. The number of thioether (sulfide) groups is 1. The highest BCUT2D eigenvalue weighted by molar-refractivity contribution is 7.98. The molecule has 1 unspecified atom stereocenters. The summed E-state index contributed by atoms with van der Waals surface area (Å²) in [6, 6.07) is 9.03. The number of hydrogen-bond acceptors (Lipinski definition) is 2. The van der Waals surface area contributed by atoms with Gasteiger partial charge in [-0.3, -0.25) is 0 Å². The number of anilines is 1. The maximum Gasteiger partial charge on any atom is 0.170 e. The molecule has 0 aromatic heterocycles. The highest BCUT2D eigenvalue weighted by Crippen LogP contribution is 2.27. The predicted octanol–water partition coefficient (Wildman–Crippen LogP) is 2.17.